The summed E-state index contributed by atoms with van der Waals surface area (Å²) in [5, 5.41) is 3.00. The molecule has 2 atom stereocenters. The van der Waals surface area contributed by atoms with Crippen molar-refractivity contribution in [3.05, 3.63) is 24.4 Å². The number of aromatic nitrogens is 2. The van der Waals surface area contributed by atoms with Gasteiger partial charge in [0.2, 0.25) is 11.8 Å². The lowest BCUT2D eigenvalue weighted by Crippen LogP contribution is -2.54. The van der Waals surface area contributed by atoms with Gasteiger partial charge in [-0.3, -0.25) is 14.5 Å². The molecule has 0 aliphatic carbocycles. The van der Waals surface area contributed by atoms with Gasteiger partial charge in [-0.25, -0.2) is 13.8 Å². The Morgan fingerprint density at radius 1 is 1.34 bits per heavy atom. The molecule has 0 spiro atoms. The Morgan fingerprint density at radius 2 is 2.09 bits per heavy atom. The number of rotatable bonds is 7. The highest BCUT2D eigenvalue weighted by atomic mass is 19.3. The van der Waals surface area contributed by atoms with Crippen molar-refractivity contribution in [3.8, 4) is 17.1 Å². The Hall–Kier alpha value is -3.21. The number of hydrogen-bond acceptors (Lipinski definition) is 6. The van der Waals surface area contributed by atoms with Crippen LogP contribution in [0.4, 0.5) is 20.3 Å². The summed E-state index contributed by atoms with van der Waals surface area (Å²) in [6.07, 6.45) is -1.13. The molecule has 0 bridgehead atoms. The molecule has 1 aromatic heterocycles. The summed E-state index contributed by atoms with van der Waals surface area (Å²) in [5.41, 5.74) is 6.60. The van der Waals surface area contributed by atoms with Crippen molar-refractivity contribution >= 4 is 23.3 Å². The first-order chi connectivity index (χ1) is 15.3. The lowest BCUT2D eigenvalue weighted by Gasteiger charge is -2.38. The number of carbonyl (C=O) groups is 2. The molecule has 0 radical (unpaired) electrons. The third-order valence-corrected chi connectivity index (χ3v) is 5.68. The van der Waals surface area contributed by atoms with Gasteiger partial charge in [-0.1, -0.05) is 0 Å². The van der Waals surface area contributed by atoms with E-state index in [-0.39, 0.29) is 19.0 Å². The number of alkyl halides is 2. The van der Waals surface area contributed by atoms with E-state index in [1.54, 1.807) is 35.9 Å². The molecular formula is C21H25F2N5O4. The van der Waals surface area contributed by atoms with Crippen molar-refractivity contribution in [2.75, 3.05) is 30.0 Å². The summed E-state index contributed by atoms with van der Waals surface area (Å²) in [6, 6.07) is 3.37. The number of hydrogen-bond donors (Lipinski definition) is 2. The van der Waals surface area contributed by atoms with Gasteiger partial charge in [0.15, 0.2) is 5.82 Å². The summed E-state index contributed by atoms with van der Waals surface area (Å²) in [7, 11) is 0. The summed E-state index contributed by atoms with van der Waals surface area (Å²) in [4.78, 5) is 29.4. The molecule has 1 saturated heterocycles. The smallest absolute Gasteiger partial charge is 0.259 e. The Labute approximate surface area is 183 Å². The topological polar surface area (TPSA) is 112 Å². The van der Waals surface area contributed by atoms with Crippen LogP contribution in [0.2, 0.25) is 0 Å². The van der Waals surface area contributed by atoms with Crippen LogP contribution in [0.1, 0.15) is 13.8 Å². The molecule has 0 saturated carbocycles. The van der Waals surface area contributed by atoms with Gasteiger partial charge in [-0.2, -0.15) is 0 Å². The number of carbonyl (C=O) groups excluding carboxylic acids is 2. The molecule has 3 heterocycles. The molecule has 2 amide bonds. The van der Waals surface area contributed by atoms with Crippen LogP contribution < -0.4 is 20.7 Å². The monoisotopic (exact) mass is 449 g/mol. The molecule has 2 unspecified atom stereocenters. The van der Waals surface area contributed by atoms with Crippen molar-refractivity contribution in [1.82, 2.24) is 9.55 Å². The number of fused-ring (bicyclic) bond motifs is 3. The van der Waals surface area contributed by atoms with E-state index in [4.69, 9.17) is 15.2 Å². The number of benzene rings is 1. The van der Waals surface area contributed by atoms with Gasteiger partial charge in [0.25, 0.3) is 6.43 Å². The molecular weight excluding hydrogens is 424 g/mol. The third-order valence-electron chi connectivity index (χ3n) is 5.68. The molecule has 32 heavy (non-hydrogen) atoms. The zero-order chi connectivity index (χ0) is 23.0. The SMILES string of the molecule is CC(=O)N(c1cn2c(n1)-c1ccc(NC(C)C(N)=O)cc1OCC2)C(C(F)F)C1COC1. The molecule has 1 fully saturated rings. The maximum absolute atomic E-state index is 13.9. The lowest BCUT2D eigenvalue weighted by molar-refractivity contribution is -0.121. The maximum Gasteiger partial charge on any atom is 0.259 e. The minimum absolute atomic E-state index is 0.169. The standard InChI is InChI=1S/C21H25F2N5O4/c1-11(20(24)30)25-14-3-4-15-16(7-14)32-6-5-27-8-17(26-21(15)27)28(12(2)29)18(19(22)23)13-9-31-10-13/h3-4,7-8,11,13,18-19,25H,5-6,9-10H2,1-2H3,(H2,24,30). The molecule has 2 aliphatic rings. The van der Waals surface area contributed by atoms with Gasteiger partial charge in [0.05, 0.1) is 25.3 Å². The zero-order valence-electron chi connectivity index (χ0n) is 17.8. The summed E-state index contributed by atoms with van der Waals surface area (Å²) in [5.74, 6) is -0.248. The first-order valence-corrected chi connectivity index (χ1v) is 10.3. The van der Waals surface area contributed by atoms with E-state index < -0.39 is 36.2 Å². The molecule has 11 heteroatoms. The minimum atomic E-state index is -2.73. The average Bonchev–Trinajstić information content (AvgIpc) is 3.01. The summed E-state index contributed by atoms with van der Waals surface area (Å²) < 4.78 is 40.5. The minimum Gasteiger partial charge on any atom is -0.491 e. The first-order valence-electron chi connectivity index (χ1n) is 10.3. The Bertz CT molecular complexity index is 1020. The summed E-state index contributed by atoms with van der Waals surface area (Å²) >= 11 is 0. The van der Waals surface area contributed by atoms with E-state index in [1.807, 2.05) is 0 Å². The highest BCUT2D eigenvalue weighted by Gasteiger charge is 2.42. The number of ether oxygens (including phenoxy) is 2. The largest absolute Gasteiger partial charge is 0.491 e. The molecule has 172 valence electrons. The Kier molecular flexibility index (Phi) is 6.00. The van der Waals surface area contributed by atoms with E-state index in [1.165, 1.54) is 6.92 Å². The van der Waals surface area contributed by atoms with Gasteiger partial charge in [-0.05, 0) is 19.1 Å². The quantitative estimate of drug-likeness (QED) is 0.668. The second-order valence-corrected chi connectivity index (χ2v) is 7.96. The van der Waals surface area contributed by atoms with E-state index in [9.17, 15) is 18.4 Å². The average molecular weight is 449 g/mol. The number of nitrogens with zero attached hydrogens (tertiary/aromatic N) is 3. The predicted molar refractivity (Wildman–Crippen MR) is 113 cm³/mol. The van der Waals surface area contributed by atoms with Crippen molar-refractivity contribution in [2.24, 2.45) is 11.7 Å². The molecule has 1 aromatic carbocycles. The van der Waals surface area contributed by atoms with Crippen molar-refractivity contribution in [1.29, 1.82) is 0 Å². The van der Waals surface area contributed by atoms with Gasteiger partial charge in [0, 0.05) is 30.8 Å². The van der Waals surface area contributed by atoms with E-state index in [2.05, 4.69) is 10.3 Å². The van der Waals surface area contributed by atoms with Crippen molar-refractivity contribution in [3.63, 3.8) is 0 Å². The number of nitrogens with one attached hydrogen (secondary N) is 1. The van der Waals surface area contributed by atoms with Crippen LogP contribution in [0.5, 0.6) is 5.75 Å². The van der Waals surface area contributed by atoms with Gasteiger partial charge < -0.3 is 25.1 Å². The number of imidazole rings is 1. The molecule has 2 aliphatic heterocycles. The molecule has 4 rings (SSSR count). The van der Waals surface area contributed by atoms with Gasteiger partial charge >= 0.3 is 0 Å². The highest BCUT2D eigenvalue weighted by molar-refractivity contribution is 5.91. The molecule has 3 N–H and O–H groups in total. The van der Waals surface area contributed by atoms with E-state index in [0.717, 1.165) is 4.90 Å². The number of nitrogens with two attached hydrogens (primary N) is 1. The van der Waals surface area contributed by atoms with Gasteiger partial charge in [-0.15, -0.1) is 0 Å². The van der Waals surface area contributed by atoms with Crippen LogP contribution in [0.15, 0.2) is 24.4 Å². The van der Waals surface area contributed by atoms with Crippen LogP contribution in [0.3, 0.4) is 0 Å². The van der Waals surface area contributed by atoms with Crippen LogP contribution in [0.25, 0.3) is 11.4 Å². The fourth-order valence-electron chi connectivity index (χ4n) is 3.90. The third kappa shape index (κ3) is 4.12. The second-order valence-electron chi connectivity index (χ2n) is 7.96. The number of amides is 2. The zero-order valence-corrected chi connectivity index (χ0v) is 17.8. The normalized spacial score (nSPS) is 17.3. The number of anilines is 2. The fourth-order valence-corrected chi connectivity index (χ4v) is 3.90. The first kappa shape index (κ1) is 22.0. The molecule has 2 aromatic rings. The van der Waals surface area contributed by atoms with Crippen LogP contribution in [-0.2, 0) is 20.9 Å². The van der Waals surface area contributed by atoms with Crippen LogP contribution >= 0.6 is 0 Å². The Balaban J connectivity index is 1.69. The second kappa shape index (κ2) is 8.73. The van der Waals surface area contributed by atoms with Crippen molar-refractivity contribution in [2.45, 2.75) is 38.9 Å². The van der Waals surface area contributed by atoms with Gasteiger partial charge in [0.1, 0.15) is 30.3 Å². The van der Waals surface area contributed by atoms with E-state index in [0.29, 0.717) is 36.0 Å². The number of primary amides is 1. The molecule has 9 nitrogen and oxygen atoms in total. The van der Waals surface area contributed by atoms with Crippen LogP contribution in [0, 0.1) is 5.92 Å². The Morgan fingerprint density at radius 3 is 2.69 bits per heavy atom. The fraction of sp³-hybridized carbons (Fsp3) is 0.476. The van der Waals surface area contributed by atoms with Crippen LogP contribution in [-0.4, -0.2) is 59.7 Å². The summed E-state index contributed by atoms with van der Waals surface area (Å²) in [6.45, 7) is 4.02. The van der Waals surface area contributed by atoms with Crippen molar-refractivity contribution < 1.29 is 27.8 Å². The highest BCUT2D eigenvalue weighted by Crippen LogP contribution is 2.37. The van der Waals surface area contributed by atoms with E-state index >= 15 is 0 Å². The maximum atomic E-state index is 13.9. The number of halogens is 2. The lowest BCUT2D eigenvalue weighted by atomic mass is 9.96. The predicted octanol–water partition coefficient (Wildman–Crippen LogP) is 1.86.